The molecule has 0 bridgehead atoms. The molecule has 1 fully saturated rings. The van der Waals surface area contributed by atoms with Crippen LogP contribution in [0.2, 0.25) is 0 Å². The van der Waals surface area contributed by atoms with E-state index in [-0.39, 0.29) is 38.0 Å². The number of anilines is 1. The first-order valence-corrected chi connectivity index (χ1v) is 19.5. The number of carbonyl (C=O) groups is 1. The molecule has 1 aromatic heterocycles. The maximum Gasteiger partial charge on any atom is 0.472 e. The Labute approximate surface area is 301 Å². The smallest absolute Gasteiger partial charge is 0.386 e. The summed E-state index contributed by atoms with van der Waals surface area (Å²) < 4.78 is 71.3. The summed E-state index contributed by atoms with van der Waals surface area (Å²) in [6, 6.07) is 1.23. The third-order valence-electron chi connectivity index (χ3n) is 6.89. The predicted molar refractivity (Wildman–Crippen MR) is 180 cm³/mol. The van der Waals surface area contributed by atoms with Crippen LogP contribution in [0.25, 0.3) is 0 Å². The van der Waals surface area contributed by atoms with Crippen molar-refractivity contribution in [2.24, 2.45) is 0 Å². The molecule has 0 radical (unpaired) electrons. The Morgan fingerprint density at radius 2 is 1.52 bits per heavy atom. The van der Waals surface area contributed by atoms with Crippen molar-refractivity contribution in [3.8, 4) is 12.3 Å². The topological polar surface area (TPSA) is 288 Å². The Morgan fingerprint density at radius 1 is 0.923 bits per heavy atom. The molecule has 21 nitrogen and oxygen atoms in total. The van der Waals surface area contributed by atoms with Crippen LogP contribution in [0.1, 0.15) is 38.3 Å². The average molecular weight is 789 g/mol. The molecule has 1 amide bonds. The molecule has 0 aliphatic carbocycles. The van der Waals surface area contributed by atoms with E-state index in [1.165, 1.54) is 6.07 Å². The Kier molecular flexibility index (Phi) is 22.6. The number of hydrogen-bond acceptors (Lipinski definition) is 16. The third-order valence-corrected chi connectivity index (χ3v) is 8.40. The van der Waals surface area contributed by atoms with Gasteiger partial charge >= 0.3 is 21.3 Å². The van der Waals surface area contributed by atoms with Gasteiger partial charge in [0.2, 0.25) is 5.91 Å². The molecule has 23 heteroatoms. The fourth-order valence-corrected chi connectivity index (χ4v) is 5.77. The zero-order valence-electron chi connectivity index (χ0n) is 28.7. The van der Waals surface area contributed by atoms with Gasteiger partial charge in [0.15, 0.2) is 6.23 Å². The summed E-state index contributed by atoms with van der Waals surface area (Å²) in [7, 11) is -9.83. The van der Waals surface area contributed by atoms with Crippen molar-refractivity contribution in [3.05, 3.63) is 22.7 Å². The molecule has 7 N–H and O–H groups in total. The van der Waals surface area contributed by atoms with Crippen LogP contribution in [0.4, 0.5) is 5.82 Å². The summed E-state index contributed by atoms with van der Waals surface area (Å²) in [6.07, 6.45) is 2.18. The Morgan fingerprint density at radius 3 is 2.12 bits per heavy atom. The molecule has 52 heavy (non-hydrogen) atoms. The number of aromatic nitrogens is 2. The first-order valence-electron chi connectivity index (χ1n) is 16.5. The van der Waals surface area contributed by atoms with Crippen LogP contribution in [-0.4, -0.2) is 139 Å². The molecule has 0 spiro atoms. The highest BCUT2D eigenvalue weighted by Gasteiger charge is 2.49. The highest BCUT2D eigenvalue weighted by Crippen LogP contribution is 2.49. The number of phosphoric ester groups is 2. The van der Waals surface area contributed by atoms with E-state index in [1.54, 1.807) is 0 Å². The molecule has 1 saturated heterocycles. The van der Waals surface area contributed by atoms with Crippen LogP contribution >= 0.6 is 15.6 Å². The molecule has 1 unspecified atom stereocenters. The number of nitrogen functional groups attached to an aromatic ring is 1. The van der Waals surface area contributed by atoms with Crippen LogP contribution in [-0.2, 0) is 55.9 Å². The highest BCUT2D eigenvalue weighted by molar-refractivity contribution is 7.47. The maximum absolute atomic E-state index is 12.7. The quantitative estimate of drug-likeness (QED) is 0.0325. The number of rotatable bonds is 30. The van der Waals surface area contributed by atoms with Crippen LogP contribution < -0.4 is 16.7 Å². The monoisotopic (exact) mass is 788 g/mol. The van der Waals surface area contributed by atoms with E-state index in [2.05, 4.69) is 20.7 Å². The zero-order chi connectivity index (χ0) is 38.2. The molecule has 2 rings (SSSR count). The Balaban J connectivity index is 1.52. The number of nitrogens with zero attached hydrogens (tertiary/aromatic N) is 2. The van der Waals surface area contributed by atoms with E-state index in [0.29, 0.717) is 85.1 Å². The largest absolute Gasteiger partial charge is 0.472 e. The average Bonchev–Trinajstić information content (AvgIpc) is 3.37. The van der Waals surface area contributed by atoms with Crippen molar-refractivity contribution in [3.63, 3.8) is 0 Å². The normalized spacial score (nSPS) is 20.1. The number of nitrogens with two attached hydrogens (primary N) is 1. The number of aliphatic hydroxyl groups excluding tert-OH is 1. The molecular weight excluding hydrogens is 738 g/mol. The van der Waals surface area contributed by atoms with E-state index in [1.807, 2.05) is 0 Å². The van der Waals surface area contributed by atoms with Gasteiger partial charge in [0.1, 0.15) is 30.7 Å². The second-order valence-corrected chi connectivity index (χ2v) is 13.6. The van der Waals surface area contributed by atoms with E-state index in [9.17, 15) is 28.7 Å². The van der Waals surface area contributed by atoms with Crippen molar-refractivity contribution >= 4 is 27.4 Å². The molecule has 1 aliphatic rings. The lowest BCUT2D eigenvalue weighted by atomic mass is 10.1. The number of amides is 1. The van der Waals surface area contributed by atoms with Crippen molar-refractivity contribution in [2.45, 2.75) is 56.6 Å². The van der Waals surface area contributed by atoms with Gasteiger partial charge in [-0.15, -0.1) is 6.42 Å². The van der Waals surface area contributed by atoms with Crippen molar-refractivity contribution in [1.29, 1.82) is 0 Å². The number of nitrogens with one attached hydrogen (secondary N) is 1. The zero-order valence-corrected chi connectivity index (χ0v) is 30.5. The minimum Gasteiger partial charge on any atom is -0.386 e. The third kappa shape index (κ3) is 20.2. The van der Waals surface area contributed by atoms with Crippen molar-refractivity contribution in [2.75, 3.05) is 91.6 Å². The van der Waals surface area contributed by atoms with Gasteiger partial charge in [-0.2, -0.15) is 4.98 Å². The predicted octanol–water partition coefficient (Wildman–Crippen LogP) is -0.522. The van der Waals surface area contributed by atoms with Crippen molar-refractivity contribution in [1.82, 2.24) is 14.9 Å². The fraction of sp³-hybridized carbons (Fsp3) is 0.759. The van der Waals surface area contributed by atoms with Crippen LogP contribution in [0, 0.1) is 12.3 Å². The molecule has 1 aromatic rings. The number of terminal acetylenes is 1. The lowest BCUT2D eigenvalue weighted by molar-refractivity contribution is -0.122. The number of carbonyl (C=O) groups excluding carboxylic acids is 1. The van der Waals surface area contributed by atoms with Crippen LogP contribution in [0.3, 0.4) is 0 Å². The Hall–Kier alpha value is -2.35. The SMILES string of the molecule is C#CCOCCOCCOCCOCCOCCC(=O)NCCCCCCOP(=O)(O)O[C@H]1[C@@H](O)[C@H](n2ccc(N)nc2=O)O[C@@H]1COP(=O)(O)O. The number of phosphoric acid groups is 2. The number of aliphatic hydroxyl groups is 1. The summed E-state index contributed by atoms with van der Waals surface area (Å²) in [6.45, 7) is 3.18. The van der Waals surface area contributed by atoms with Crippen LogP contribution in [0.5, 0.6) is 0 Å². The van der Waals surface area contributed by atoms with E-state index in [0.717, 1.165) is 10.8 Å². The minimum absolute atomic E-state index is 0.113. The van der Waals surface area contributed by atoms with Gasteiger partial charge < -0.3 is 59.3 Å². The summed E-state index contributed by atoms with van der Waals surface area (Å²) >= 11 is 0. The lowest BCUT2D eigenvalue weighted by Crippen LogP contribution is -2.37. The first-order chi connectivity index (χ1) is 24.8. The highest BCUT2D eigenvalue weighted by atomic mass is 31.2. The van der Waals surface area contributed by atoms with Crippen molar-refractivity contribution < 1.29 is 75.7 Å². The first kappa shape index (κ1) is 45.8. The summed E-state index contributed by atoms with van der Waals surface area (Å²) in [5.74, 6) is 2.09. The molecule has 298 valence electrons. The van der Waals surface area contributed by atoms with Gasteiger partial charge in [-0.25, -0.2) is 13.9 Å². The van der Waals surface area contributed by atoms with Gasteiger partial charge in [-0.05, 0) is 18.9 Å². The summed E-state index contributed by atoms with van der Waals surface area (Å²) in [5, 5.41) is 13.6. The van der Waals surface area contributed by atoms with Gasteiger partial charge in [0, 0.05) is 19.2 Å². The standard InChI is InChI=1S/C29H50N4O17P2/c1-2-11-42-14-16-44-18-20-46-21-19-45-17-15-43-13-8-25(34)31-9-5-3-4-6-12-47-52(40,41)50-27-23(22-48-51(37,38)39)49-28(26(27)35)33-10-7-24(30)32-29(33)36/h1,7,10,23,26-28,35H,3-6,8-9,11-22H2,(H,31,34)(H,40,41)(H2,30,32,36)(H2,37,38,39)/t23-,26-,27-,28-/m1/s1. The van der Waals surface area contributed by atoms with Crippen LogP contribution in [0.15, 0.2) is 17.1 Å². The summed E-state index contributed by atoms with van der Waals surface area (Å²) in [5.41, 5.74) is 4.55. The summed E-state index contributed by atoms with van der Waals surface area (Å²) in [4.78, 5) is 56.2. The van der Waals surface area contributed by atoms with Gasteiger partial charge in [-0.3, -0.25) is 22.9 Å². The molecule has 1 aliphatic heterocycles. The second kappa shape index (κ2) is 25.6. The van der Waals surface area contributed by atoms with E-state index < -0.39 is 52.5 Å². The van der Waals surface area contributed by atoms with Gasteiger partial charge in [0.05, 0.1) is 72.7 Å². The lowest BCUT2D eigenvalue weighted by Gasteiger charge is -2.23. The molecule has 0 aromatic carbocycles. The molecule has 0 saturated carbocycles. The van der Waals surface area contributed by atoms with E-state index in [4.69, 9.17) is 59.4 Å². The maximum atomic E-state index is 12.7. The number of ether oxygens (including phenoxy) is 6. The molecule has 2 heterocycles. The molecule has 5 atom stereocenters. The van der Waals surface area contributed by atoms with E-state index >= 15 is 0 Å². The second-order valence-electron chi connectivity index (χ2n) is 11.0. The fourth-order valence-electron chi connectivity index (χ4n) is 4.44. The number of unbranched alkanes of at least 4 members (excludes halogenated alkanes) is 3. The Bertz CT molecular complexity index is 1360. The molecular formula is C29H50N4O17P2. The van der Waals surface area contributed by atoms with Gasteiger partial charge in [0.25, 0.3) is 0 Å². The minimum atomic E-state index is -5.00. The number of hydrogen-bond donors (Lipinski definition) is 6. The van der Waals surface area contributed by atoms with Gasteiger partial charge in [-0.1, -0.05) is 18.8 Å².